The second-order valence-electron chi connectivity index (χ2n) is 7.08. The van der Waals surface area contributed by atoms with Crippen molar-refractivity contribution in [3.05, 3.63) is 18.2 Å². The van der Waals surface area contributed by atoms with Gasteiger partial charge in [0.15, 0.2) is 0 Å². The Morgan fingerprint density at radius 2 is 1.56 bits per heavy atom. The molecular formula is C17H24BF3O4. The molecule has 0 atom stereocenters. The number of unbranched alkanes of at least 4 members (excludes halogenated alkanes) is 1. The van der Waals surface area contributed by atoms with Crippen LogP contribution < -0.4 is 14.9 Å². The lowest BCUT2D eigenvalue weighted by Crippen LogP contribution is -2.41. The molecule has 0 radical (unpaired) electrons. The van der Waals surface area contributed by atoms with Crippen molar-refractivity contribution in [2.24, 2.45) is 0 Å². The number of benzene rings is 1. The van der Waals surface area contributed by atoms with Crippen molar-refractivity contribution in [3.63, 3.8) is 0 Å². The Morgan fingerprint density at radius 1 is 1.00 bits per heavy atom. The first-order chi connectivity index (χ1) is 11.4. The zero-order valence-corrected chi connectivity index (χ0v) is 15.2. The highest BCUT2D eigenvalue weighted by Gasteiger charge is 2.52. The van der Waals surface area contributed by atoms with Crippen molar-refractivity contribution < 1.29 is 32.0 Å². The average molecular weight is 360 g/mol. The molecule has 0 amide bonds. The molecule has 1 aromatic rings. The molecule has 1 aliphatic rings. The standard InChI is InChI=1S/C17H24BF3O4/c1-6-7-8-22-13-9-12(10-14(11-13)23-17(19,20)21)18-24-15(2,3)16(4,5)25-18/h9-11H,6-8H2,1-5H3. The monoisotopic (exact) mass is 360 g/mol. The first-order valence-corrected chi connectivity index (χ1v) is 8.33. The smallest absolute Gasteiger partial charge is 0.493 e. The topological polar surface area (TPSA) is 36.9 Å². The van der Waals surface area contributed by atoms with Gasteiger partial charge in [0.25, 0.3) is 0 Å². The summed E-state index contributed by atoms with van der Waals surface area (Å²) in [5.41, 5.74) is -0.768. The minimum Gasteiger partial charge on any atom is -0.493 e. The molecule has 0 aromatic heterocycles. The van der Waals surface area contributed by atoms with Crippen molar-refractivity contribution in [2.45, 2.75) is 65.0 Å². The molecule has 1 heterocycles. The van der Waals surface area contributed by atoms with Crippen LogP contribution in [0.5, 0.6) is 11.5 Å². The van der Waals surface area contributed by atoms with Gasteiger partial charge in [-0.2, -0.15) is 0 Å². The molecule has 0 unspecified atom stereocenters. The summed E-state index contributed by atoms with van der Waals surface area (Å²) in [6, 6.07) is 4.11. The summed E-state index contributed by atoms with van der Waals surface area (Å²) in [4.78, 5) is 0. The van der Waals surface area contributed by atoms with E-state index in [1.165, 1.54) is 12.1 Å². The van der Waals surface area contributed by atoms with Crippen LogP contribution in [0.4, 0.5) is 13.2 Å². The Kier molecular flexibility index (Phi) is 5.63. The Hall–Kier alpha value is -1.41. The van der Waals surface area contributed by atoms with Crippen molar-refractivity contribution in [1.82, 2.24) is 0 Å². The minimum atomic E-state index is -4.78. The molecule has 1 aliphatic heterocycles. The maximum atomic E-state index is 12.6. The third-order valence-electron chi connectivity index (χ3n) is 4.43. The summed E-state index contributed by atoms with van der Waals surface area (Å²) in [6.45, 7) is 9.92. The lowest BCUT2D eigenvalue weighted by molar-refractivity contribution is -0.274. The second kappa shape index (κ2) is 7.07. The zero-order valence-electron chi connectivity index (χ0n) is 15.2. The predicted octanol–water partition coefficient (Wildman–Crippen LogP) is 4.06. The van der Waals surface area contributed by atoms with Gasteiger partial charge in [-0.15, -0.1) is 13.2 Å². The van der Waals surface area contributed by atoms with Gasteiger partial charge in [0.05, 0.1) is 17.8 Å². The molecule has 0 spiro atoms. The summed E-state index contributed by atoms with van der Waals surface area (Å²) >= 11 is 0. The van der Waals surface area contributed by atoms with Crippen LogP contribution >= 0.6 is 0 Å². The molecule has 1 fully saturated rings. The van der Waals surface area contributed by atoms with Crippen LogP contribution in [0, 0.1) is 0 Å². The highest BCUT2D eigenvalue weighted by molar-refractivity contribution is 6.62. The SMILES string of the molecule is CCCCOc1cc(OC(F)(F)F)cc(B2OC(C)(C)C(C)(C)O2)c1. The van der Waals surface area contributed by atoms with Crippen molar-refractivity contribution in [2.75, 3.05) is 6.61 Å². The average Bonchev–Trinajstić information content (AvgIpc) is 2.66. The molecule has 1 aromatic carbocycles. The highest BCUT2D eigenvalue weighted by Crippen LogP contribution is 2.37. The lowest BCUT2D eigenvalue weighted by atomic mass is 9.79. The fourth-order valence-electron chi connectivity index (χ4n) is 2.32. The Balaban J connectivity index is 2.30. The summed E-state index contributed by atoms with van der Waals surface area (Å²) < 4.78 is 59.2. The molecule has 4 nitrogen and oxygen atoms in total. The second-order valence-corrected chi connectivity index (χ2v) is 7.08. The van der Waals surface area contributed by atoms with Gasteiger partial charge in [0.1, 0.15) is 11.5 Å². The summed E-state index contributed by atoms with van der Waals surface area (Å²) in [6.07, 6.45) is -3.06. The van der Waals surface area contributed by atoms with Gasteiger partial charge >= 0.3 is 13.5 Å². The predicted molar refractivity (Wildman–Crippen MR) is 89.2 cm³/mol. The quantitative estimate of drug-likeness (QED) is 0.566. The first kappa shape index (κ1) is 19.9. The van der Waals surface area contributed by atoms with E-state index in [-0.39, 0.29) is 5.75 Å². The summed E-state index contributed by atoms with van der Waals surface area (Å²) in [5.74, 6) is -0.0638. The van der Waals surface area contributed by atoms with Crippen molar-refractivity contribution in [3.8, 4) is 11.5 Å². The van der Waals surface area contributed by atoms with Crippen LogP contribution in [-0.2, 0) is 9.31 Å². The van der Waals surface area contributed by atoms with Crippen molar-refractivity contribution >= 4 is 12.6 Å². The van der Waals surface area contributed by atoms with E-state index in [0.29, 0.717) is 17.8 Å². The number of ether oxygens (including phenoxy) is 2. The van der Waals surface area contributed by atoms with Gasteiger partial charge in [0, 0.05) is 6.07 Å². The van der Waals surface area contributed by atoms with Gasteiger partial charge in [-0.05, 0) is 51.7 Å². The van der Waals surface area contributed by atoms with Crippen LogP contribution in [0.2, 0.25) is 0 Å². The zero-order chi connectivity index (χ0) is 18.9. The summed E-state index contributed by atoms with van der Waals surface area (Å²) in [5, 5.41) is 0. The molecule has 2 rings (SSSR count). The Bertz CT molecular complexity index is 586. The van der Waals surface area contributed by atoms with E-state index in [0.717, 1.165) is 12.8 Å². The number of halogens is 3. The normalized spacial score (nSPS) is 19.1. The third-order valence-corrected chi connectivity index (χ3v) is 4.43. The highest BCUT2D eigenvalue weighted by atomic mass is 19.4. The van der Waals surface area contributed by atoms with E-state index >= 15 is 0 Å². The van der Waals surface area contributed by atoms with Crippen LogP contribution in [0.3, 0.4) is 0 Å². The van der Waals surface area contributed by atoms with Gasteiger partial charge in [-0.25, -0.2) is 0 Å². The number of hydrogen-bond acceptors (Lipinski definition) is 4. The van der Waals surface area contributed by atoms with E-state index in [9.17, 15) is 13.2 Å². The van der Waals surface area contributed by atoms with Gasteiger partial charge in [-0.1, -0.05) is 13.3 Å². The number of rotatable bonds is 6. The molecule has 0 N–H and O–H groups in total. The lowest BCUT2D eigenvalue weighted by Gasteiger charge is -2.32. The fraction of sp³-hybridized carbons (Fsp3) is 0.647. The van der Waals surface area contributed by atoms with Crippen LogP contribution in [-0.4, -0.2) is 31.3 Å². The third kappa shape index (κ3) is 5.04. The molecule has 140 valence electrons. The van der Waals surface area contributed by atoms with Crippen LogP contribution in [0.1, 0.15) is 47.5 Å². The Morgan fingerprint density at radius 3 is 2.08 bits per heavy atom. The minimum absolute atomic E-state index is 0.292. The van der Waals surface area contributed by atoms with Crippen molar-refractivity contribution in [1.29, 1.82) is 0 Å². The molecule has 0 aliphatic carbocycles. The number of hydrogen-bond donors (Lipinski definition) is 0. The van der Waals surface area contributed by atoms with E-state index in [1.807, 2.05) is 34.6 Å². The van der Waals surface area contributed by atoms with Crippen LogP contribution in [0.25, 0.3) is 0 Å². The van der Waals surface area contributed by atoms with Gasteiger partial charge in [-0.3, -0.25) is 0 Å². The fourth-order valence-corrected chi connectivity index (χ4v) is 2.32. The van der Waals surface area contributed by atoms with E-state index in [2.05, 4.69) is 4.74 Å². The van der Waals surface area contributed by atoms with Gasteiger partial charge < -0.3 is 18.8 Å². The summed E-state index contributed by atoms with van der Waals surface area (Å²) in [7, 11) is -0.796. The first-order valence-electron chi connectivity index (χ1n) is 8.33. The molecular weight excluding hydrogens is 336 g/mol. The Labute approximate surface area is 146 Å². The molecule has 0 saturated carbocycles. The largest absolute Gasteiger partial charge is 0.573 e. The molecule has 8 heteroatoms. The molecule has 25 heavy (non-hydrogen) atoms. The maximum absolute atomic E-state index is 12.6. The number of alkyl halides is 3. The molecule has 1 saturated heterocycles. The van der Waals surface area contributed by atoms with E-state index < -0.39 is 24.7 Å². The van der Waals surface area contributed by atoms with Crippen LogP contribution in [0.15, 0.2) is 18.2 Å². The molecule has 0 bridgehead atoms. The van der Waals surface area contributed by atoms with E-state index in [1.54, 1.807) is 6.07 Å². The van der Waals surface area contributed by atoms with E-state index in [4.69, 9.17) is 14.0 Å². The van der Waals surface area contributed by atoms with Gasteiger partial charge in [0.2, 0.25) is 0 Å². The maximum Gasteiger partial charge on any atom is 0.573 e.